The number of alkyl halides is 3. The molecule has 41 heavy (non-hydrogen) atoms. The van der Waals surface area contributed by atoms with Crippen LogP contribution in [0.25, 0.3) is 22.2 Å². The normalized spacial score (nSPS) is 12.4. The second-order valence-electron chi connectivity index (χ2n) is 10.1. The van der Waals surface area contributed by atoms with E-state index in [-0.39, 0.29) is 35.5 Å². The van der Waals surface area contributed by atoms with Crippen molar-refractivity contribution in [2.24, 2.45) is 0 Å². The van der Waals surface area contributed by atoms with Crippen molar-refractivity contribution in [2.75, 3.05) is 5.32 Å². The van der Waals surface area contributed by atoms with Gasteiger partial charge in [-0.15, -0.1) is 0 Å². The Kier molecular flexibility index (Phi) is 10.0. The lowest BCUT2D eigenvalue weighted by molar-refractivity contribution is -0.151. The van der Waals surface area contributed by atoms with Crippen molar-refractivity contribution in [2.45, 2.75) is 72.3 Å². The van der Waals surface area contributed by atoms with Crippen LogP contribution in [0.3, 0.4) is 0 Å². The van der Waals surface area contributed by atoms with Gasteiger partial charge in [0.1, 0.15) is 12.4 Å². The molecular weight excluding hydrogens is 533 g/mol. The van der Waals surface area contributed by atoms with Gasteiger partial charge in [0.2, 0.25) is 0 Å². The number of fused-ring (bicyclic) bond motifs is 1. The fourth-order valence-electron chi connectivity index (χ4n) is 4.08. The van der Waals surface area contributed by atoms with Crippen LogP contribution in [0.4, 0.5) is 24.7 Å². The van der Waals surface area contributed by atoms with Gasteiger partial charge in [-0.2, -0.15) is 13.2 Å². The van der Waals surface area contributed by atoms with E-state index >= 15 is 0 Å². The third-order valence-corrected chi connectivity index (χ3v) is 6.20. The minimum atomic E-state index is -4.58. The van der Waals surface area contributed by atoms with Crippen LogP contribution in [-0.4, -0.2) is 32.1 Å². The molecule has 0 bridgehead atoms. The first-order valence-corrected chi connectivity index (χ1v) is 13.4. The minimum absolute atomic E-state index is 0.0260. The predicted molar refractivity (Wildman–Crippen MR) is 154 cm³/mol. The Balaban J connectivity index is 0.00000226. The Bertz CT molecular complexity index is 1480. The zero-order valence-electron chi connectivity index (χ0n) is 24.0. The fourth-order valence-corrected chi connectivity index (χ4v) is 4.08. The van der Waals surface area contributed by atoms with Crippen LogP contribution in [0.15, 0.2) is 60.8 Å². The summed E-state index contributed by atoms with van der Waals surface area (Å²) in [6, 6.07) is 14.8. The molecule has 0 aliphatic carbocycles. The highest BCUT2D eigenvalue weighted by Crippen LogP contribution is 2.37. The van der Waals surface area contributed by atoms with Crippen LogP contribution in [-0.2, 0) is 27.7 Å². The molecule has 0 saturated heterocycles. The van der Waals surface area contributed by atoms with Crippen molar-refractivity contribution in [1.82, 2.24) is 15.0 Å². The zero-order chi connectivity index (χ0) is 30.4. The van der Waals surface area contributed by atoms with Crippen LogP contribution in [0, 0.1) is 0 Å². The number of pyridine rings is 1. The molecule has 218 valence electrons. The van der Waals surface area contributed by atoms with E-state index in [9.17, 15) is 23.1 Å². The molecule has 0 fully saturated rings. The molecule has 10 heteroatoms. The van der Waals surface area contributed by atoms with Gasteiger partial charge in [-0.25, -0.2) is 14.8 Å². The number of anilines is 2. The van der Waals surface area contributed by atoms with Gasteiger partial charge in [0, 0.05) is 22.8 Å². The molecule has 0 aliphatic heterocycles. The van der Waals surface area contributed by atoms with Crippen molar-refractivity contribution < 1.29 is 27.8 Å². The molecule has 0 saturated carbocycles. The number of aliphatic carboxylic acids is 1. The highest BCUT2D eigenvalue weighted by Gasteiger charge is 2.34. The number of halogens is 3. The predicted octanol–water partition coefficient (Wildman–Crippen LogP) is 8.16. The van der Waals surface area contributed by atoms with Crippen molar-refractivity contribution in [3.05, 3.63) is 77.7 Å². The van der Waals surface area contributed by atoms with E-state index in [0.29, 0.717) is 16.7 Å². The largest absolute Gasteiger partial charge is 0.479 e. The summed E-state index contributed by atoms with van der Waals surface area (Å²) in [5, 5.41) is 13.2. The van der Waals surface area contributed by atoms with E-state index < -0.39 is 23.8 Å². The molecule has 4 rings (SSSR count). The Morgan fingerprint density at radius 2 is 1.71 bits per heavy atom. The molecule has 0 spiro atoms. The van der Waals surface area contributed by atoms with Crippen molar-refractivity contribution in [3.63, 3.8) is 0 Å². The summed E-state index contributed by atoms with van der Waals surface area (Å²) in [6.07, 6.45) is -4.07. The van der Waals surface area contributed by atoms with Gasteiger partial charge < -0.3 is 15.2 Å². The lowest BCUT2D eigenvalue weighted by Gasteiger charge is -2.19. The van der Waals surface area contributed by atoms with Gasteiger partial charge in [-0.05, 0) is 53.8 Å². The summed E-state index contributed by atoms with van der Waals surface area (Å²) < 4.78 is 46.5. The molecule has 2 aromatic carbocycles. The van der Waals surface area contributed by atoms with Gasteiger partial charge in [-0.1, -0.05) is 59.7 Å². The van der Waals surface area contributed by atoms with Crippen LogP contribution < -0.4 is 5.32 Å². The molecule has 1 atom stereocenters. The molecule has 0 amide bonds. The Hall–Kier alpha value is -4.05. The number of carboxylic acid groups (broad SMARTS) is 1. The first-order valence-electron chi connectivity index (χ1n) is 13.4. The molecule has 0 aliphatic rings. The van der Waals surface area contributed by atoms with E-state index in [0.717, 1.165) is 17.3 Å². The summed E-state index contributed by atoms with van der Waals surface area (Å²) in [5.74, 6) is -0.507. The molecule has 2 N–H and O–H groups in total. The summed E-state index contributed by atoms with van der Waals surface area (Å²) in [4.78, 5) is 24.4. The molecule has 2 aromatic heterocycles. The standard InChI is InChI=1S/C29H29F3N4O3.C2H6/c1-5-23(27(37)38)39-16-24-35-22-15-17(25-21(29(30,31)32)7-6-14-33-25)8-13-20(22)26(36-24)34-19-11-9-18(10-12-19)28(2,3)4;1-2/h6-15,23H,5,16H2,1-4H3,(H,37,38)(H,34,35,36);1-2H3/t23-;/m1./s1. The first kappa shape index (κ1) is 31.5. The van der Waals surface area contributed by atoms with Gasteiger partial charge in [0.05, 0.1) is 16.8 Å². The van der Waals surface area contributed by atoms with Crippen LogP contribution in [0.2, 0.25) is 0 Å². The van der Waals surface area contributed by atoms with E-state index in [4.69, 9.17) is 4.74 Å². The second kappa shape index (κ2) is 13.1. The average molecular weight is 569 g/mol. The molecule has 2 heterocycles. The molecule has 0 radical (unpaired) electrons. The van der Waals surface area contributed by atoms with Crippen molar-refractivity contribution >= 4 is 28.4 Å². The summed E-state index contributed by atoms with van der Waals surface area (Å²) in [6.45, 7) is 11.8. The smallest absolute Gasteiger partial charge is 0.418 e. The molecule has 7 nitrogen and oxygen atoms in total. The van der Waals surface area contributed by atoms with E-state index in [2.05, 4.69) is 41.0 Å². The fraction of sp³-hybridized carbons (Fsp3) is 0.355. The average Bonchev–Trinajstić information content (AvgIpc) is 2.93. The molecular formula is C31H35F3N4O3. The Morgan fingerprint density at radius 1 is 1.02 bits per heavy atom. The minimum Gasteiger partial charge on any atom is -0.479 e. The second-order valence-corrected chi connectivity index (χ2v) is 10.1. The first-order chi connectivity index (χ1) is 19.4. The third kappa shape index (κ3) is 7.79. The highest BCUT2D eigenvalue weighted by molar-refractivity contribution is 5.93. The Labute approximate surface area is 237 Å². The number of hydrogen-bond donors (Lipinski definition) is 2. The zero-order valence-corrected chi connectivity index (χ0v) is 24.0. The number of nitrogens with one attached hydrogen (secondary N) is 1. The number of aromatic nitrogens is 3. The van der Waals surface area contributed by atoms with Gasteiger partial charge in [0.15, 0.2) is 11.9 Å². The summed E-state index contributed by atoms with van der Waals surface area (Å²) in [7, 11) is 0. The quantitative estimate of drug-likeness (QED) is 0.221. The third-order valence-electron chi connectivity index (χ3n) is 6.20. The number of hydrogen-bond acceptors (Lipinski definition) is 6. The van der Waals surface area contributed by atoms with Gasteiger partial charge in [-0.3, -0.25) is 4.98 Å². The summed E-state index contributed by atoms with van der Waals surface area (Å²) in [5.41, 5.74) is 1.39. The maximum atomic E-state index is 13.7. The number of carbonyl (C=O) groups is 1. The van der Waals surface area contributed by atoms with Crippen LogP contribution >= 0.6 is 0 Å². The maximum Gasteiger partial charge on any atom is 0.418 e. The maximum absolute atomic E-state index is 13.7. The van der Waals surface area contributed by atoms with E-state index in [1.165, 1.54) is 18.3 Å². The van der Waals surface area contributed by atoms with Crippen molar-refractivity contribution in [3.8, 4) is 11.3 Å². The number of carboxylic acids is 1. The topological polar surface area (TPSA) is 97.2 Å². The summed E-state index contributed by atoms with van der Waals surface area (Å²) >= 11 is 0. The van der Waals surface area contributed by atoms with Crippen molar-refractivity contribution in [1.29, 1.82) is 0 Å². The van der Waals surface area contributed by atoms with Gasteiger partial charge >= 0.3 is 12.1 Å². The lowest BCUT2D eigenvalue weighted by Crippen LogP contribution is -2.23. The lowest BCUT2D eigenvalue weighted by atomic mass is 9.87. The van der Waals surface area contributed by atoms with Crippen LogP contribution in [0.5, 0.6) is 0 Å². The molecule has 0 unspecified atom stereocenters. The van der Waals surface area contributed by atoms with E-state index in [1.54, 1.807) is 19.1 Å². The van der Waals surface area contributed by atoms with E-state index in [1.807, 2.05) is 38.1 Å². The number of benzene rings is 2. The SMILES string of the molecule is CC.CC[C@@H](OCc1nc(Nc2ccc(C(C)(C)C)cc2)c2ccc(-c3ncccc3C(F)(F)F)cc2n1)C(=O)O. The number of ether oxygens (including phenoxy) is 1. The monoisotopic (exact) mass is 568 g/mol. The Morgan fingerprint density at radius 3 is 2.29 bits per heavy atom. The van der Waals surface area contributed by atoms with Gasteiger partial charge in [0.25, 0.3) is 0 Å². The number of nitrogens with zero attached hydrogens (tertiary/aromatic N) is 3. The highest BCUT2D eigenvalue weighted by atomic mass is 19.4. The molecule has 4 aromatic rings. The number of rotatable bonds is 8. The van der Waals surface area contributed by atoms with Crippen LogP contribution in [0.1, 0.15) is 64.9 Å².